The van der Waals surface area contributed by atoms with Crippen LogP contribution in [-0.4, -0.2) is 38.6 Å². The van der Waals surface area contributed by atoms with Gasteiger partial charge in [-0.3, -0.25) is 4.79 Å². The van der Waals surface area contributed by atoms with E-state index in [-0.39, 0.29) is 11.9 Å². The summed E-state index contributed by atoms with van der Waals surface area (Å²) in [6.07, 6.45) is 0. The van der Waals surface area contributed by atoms with Gasteiger partial charge in [-0.2, -0.15) is 0 Å². The first-order valence-corrected chi connectivity index (χ1v) is 7.24. The molecule has 4 nitrogen and oxygen atoms in total. The van der Waals surface area contributed by atoms with E-state index in [1.165, 1.54) is 0 Å². The summed E-state index contributed by atoms with van der Waals surface area (Å²) in [5.74, 6) is 0.655. The van der Waals surface area contributed by atoms with E-state index in [2.05, 4.69) is 10.2 Å². The molecule has 2 aromatic carbocycles. The third kappa shape index (κ3) is 4.33. The maximum atomic E-state index is 12.4. The molecule has 0 aliphatic rings. The highest BCUT2D eigenvalue weighted by Crippen LogP contribution is 2.16. The third-order valence-corrected chi connectivity index (χ3v) is 3.41. The van der Waals surface area contributed by atoms with Gasteiger partial charge >= 0.3 is 0 Å². The number of amides is 1. The van der Waals surface area contributed by atoms with Gasteiger partial charge in [0.05, 0.1) is 13.2 Å². The van der Waals surface area contributed by atoms with Crippen molar-refractivity contribution in [1.82, 2.24) is 10.2 Å². The molecule has 22 heavy (non-hydrogen) atoms. The van der Waals surface area contributed by atoms with Gasteiger partial charge in [0.15, 0.2) is 0 Å². The van der Waals surface area contributed by atoms with Crippen molar-refractivity contribution < 1.29 is 9.53 Å². The lowest BCUT2D eigenvalue weighted by Gasteiger charge is -2.23. The molecule has 1 unspecified atom stereocenters. The lowest BCUT2D eigenvalue weighted by Crippen LogP contribution is -2.35. The molecule has 1 atom stereocenters. The van der Waals surface area contributed by atoms with Crippen molar-refractivity contribution in [2.24, 2.45) is 0 Å². The number of benzene rings is 2. The summed E-state index contributed by atoms with van der Waals surface area (Å²) in [5.41, 5.74) is 1.72. The van der Waals surface area contributed by atoms with Crippen LogP contribution in [0.2, 0.25) is 0 Å². The Bertz CT molecular complexity index is 594. The van der Waals surface area contributed by atoms with Crippen LogP contribution < -0.4 is 10.1 Å². The number of hydrogen-bond donors (Lipinski definition) is 1. The van der Waals surface area contributed by atoms with Gasteiger partial charge in [-0.1, -0.05) is 30.3 Å². The number of rotatable bonds is 6. The highest BCUT2D eigenvalue weighted by Gasteiger charge is 2.16. The van der Waals surface area contributed by atoms with Gasteiger partial charge in [0.1, 0.15) is 5.75 Å². The second-order valence-electron chi connectivity index (χ2n) is 5.43. The molecule has 0 aliphatic carbocycles. The quantitative estimate of drug-likeness (QED) is 0.891. The Morgan fingerprint density at radius 3 is 2.27 bits per heavy atom. The van der Waals surface area contributed by atoms with Crippen LogP contribution in [0.1, 0.15) is 22.0 Å². The largest absolute Gasteiger partial charge is 0.497 e. The topological polar surface area (TPSA) is 41.6 Å². The molecule has 4 heteroatoms. The van der Waals surface area contributed by atoms with E-state index >= 15 is 0 Å². The van der Waals surface area contributed by atoms with E-state index in [0.717, 1.165) is 17.9 Å². The summed E-state index contributed by atoms with van der Waals surface area (Å²) >= 11 is 0. The Kier molecular flexibility index (Phi) is 5.55. The fourth-order valence-electron chi connectivity index (χ4n) is 2.27. The minimum atomic E-state index is -0.0849. The van der Waals surface area contributed by atoms with Crippen LogP contribution in [0.4, 0.5) is 0 Å². The van der Waals surface area contributed by atoms with Gasteiger partial charge < -0.3 is 15.0 Å². The smallest absolute Gasteiger partial charge is 0.251 e. The molecular formula is C18H22N2O2. The maximum absolute atomic E-state index is 12.4. The van der Waals surface area contributed by atoms with Crippen LogP contribution in [0.15, 0.2) is 54.6 Å². The van der Waals surface area contributed by atoms with Crippen LogP contribution in [0.3, 0.4) is 0 Å². The normalized spacial score (nSPS) is 12.0. The molecule has 0 radical (unpaired) electrons. The van der Waals surface area contributed by atoms with Crippen LogP contribution in [-0.2, 0) is 0 Å². The summed E-state index contributed by atoms with van der Waals surface area (Å²) in [7, 11) is 5.60. The fourth-order valence-corrected chi connectivity index (χ4v) is 2.27. The third-order valence-electron chi connectivity index (χ3n) is 3.41. The minimum Gasteiger partial charge on any atom is -0.497 e. The predicted octanol–water partition coefficient (Wildman–Crippen LogP) is 2.73. The van der Waals surface area contributed by atoms with Gasteiger partial charge in [0.25, 0.3) is 5.91 Å². The minimum absolute atomic E-state index is 0.0502. The Balaban J connectivity index is 2.13. The summed E-state index contributed by atoms with van der Waals surface area (Å²) in [5, 5.41) is 3.10. The number of nitrogens with zero attached hydrogens (tertiary/aromatic N) is 1. The van der Waals surface area contributed by atoms with Crippen molar-refractivity contribution in [2.45, 2.75) is 6.04 Å². The van der Waals surface area contributed by atoms with Crippen LogP contribution in [0.5, 0.6) is 5.75 Å². The van der Waals surface area contributed by atoms with Gasteiger partial charge in [0, 0.05) is 12.1 Å². The number of carbonyl (C=O) groups excluding carboxylic acids is 1. The molecule has 0 aromatic heterocycles. The lowest BCUT2D eigenvalue weighted by molar-refractivity contribution is 0.0930. The lowest BCUT2D eigenvalue weighted by atomic mass is 10.1. The molecule has 1 N–H and O–H groups in total. The second-order valence-corrected chi connectivity index (χ2v) is 5.43. The molecule has 0 saturated carbocycles. The monoisotopic (exact) mass is 298 g/mol. The van der Waals surface area contributed by atoms with E-state index in [1.54, 1.807) is 31.4 Å². The Morgan fingerprint density at radius 1 is 1.09 bits per heavy atom. The molecule has 0 spiro atoms. The van der Waals surface area contributed by atoms with Gasteiger partial charge in [-0.15, -0.1) is 0 Å². The molecule has 1 amide bonds. The number of hydrogen-bond acceptors (Lipinski definition) is 3. The first-order chi connectivity index (χ1) is 10.6. The Hall–Kier alpha value is -2.33. The molecule has 116 valence electrons. The molecule has 0 saturated heterocycles. The molecular weight excluding hydrogens is 276 g/mol. The van der Waals surface area contributed by atoms with Gasteiger partial charge in [-0.25, -0.2) is 0 Å². The standard InChI is InChI=1S/C18H22N2O2/c1-20(2)13-17(14-7-5-4-6-8-14)19-18(21)15-9-11-16(22-3)12-10-15/h4-12,17H,13H2,1-3H3,(H,19,21). The van der Waals surface area contributed by atoms with Crippen molar-refractivity contribution in [1.29, 1.82) is 0 Å². The van der Waals surface area contributed by atoms with E-state index in [1.807, 2.05) is 44.4 Å². The van der Waals surface area contributed by atoms with Crippen molar-refractivity contribution in [3.63, 3.8) is 0 Å². The summed E-state index contributed by atoms with van der Waals surface area (Å²) in [6.45, 7) is 0.742. The number of methoxy groups -OCH3 is 1. The first kappa shape index (κ1) is 16.0. The maximum Gasteiger partial charge on any atom is 0.251 e. The predicted molar refractivity (Wildman–Crippen MR) is 88.2 cm³/mol. The van der Waals surface area contributed by atoms with Crippen LogP contribution >= 0.6 is 0 Å². The van der Waals surface area contributed by atoms with Crippen LogP contribution in [0.25, 0.3) is 0 Å². The average molecular weight is 298 g/mol. The molecule has 2 aromatic rings. The zero-order valence-corrected chi connectivity index (χ0v) is 13.2. The van der Waals surface area contributed by atoms with Crippen molar-refractivity contribution in [3.8, 4) is 5.75 Å². The Morgan fingerprint density at radius 2 is 1.73 bits per heavy atom. The summed E-state index contributed by atoms with van der Waals surface area (Å²) < 4.78 is 5.11. The zero-order valence-electron chi connectivity index (χ0n) is 13.2. The number of likely N-dealkylation sites (N-methyl/N-ethyl adjacent to an activating group) is 1. The first-order valence-electron chi connectivity index (χ1n) is 7.24. The summed E-state index contributed by atoms with van der Waals surface area (Å²) in [4.78, 5) is 14.5. The van der Waals surface area contributed by atoms with Crippen LogP contribution in [0, 0.1) is 0 Å². The van der Waals surface area contributed by atoms with E-state index in [4.69, 9.17) is 4.74 Å². The Labute approximate surface area is 131 Å². The number of carbonyl (C=O) groups is 1. The second kappa shape index (κ2) is 7.61. The van der Waals surface area contributed by atoms with Crippen molar-refractivity contribution >= 4 is 5.91 Å². The van der Waals surface area contributed by atoms with E-state index in [0.29, 0.717) is 5.56 Å². The molecule has 0 fully saturated rings. The average Bonchev–Trinajstić information content (AvgIpc) is 2.54. The SMILES string of the molecule is COc1ccc(C(=O)NC(CN(C)C)c2ccccc2)cc1. The number of ether oxygens (including phenoxy) is 1. The highest BCUT2D eigenvalue weighted by atomic mass is 16.5. The molecule has 2 rings (SSSR count). The summed E-state index contributed by atoms with van der Waals surface area (Å²) in [6, 6.07) is 17.1. The number of nitrogens with one attached hydrogen (secondary N) is 1. The molecule has 0 aliphatic heterocycles. The highest BCUT2D eigenvalue weighted by molar-refractivity contribution is 5.94. The van der Waals surface area contributed by atoms with Crippen molar-refractivity contribution in [2.75, 3.05) is 27.7 Å². The van der Waals surface area contributed by atoms with Gasteiger partial charge in [-0.05, 0) is 43.9 Å². The van der Waals surface area contributed by atoms with E-state index < -0.39 is 0 Å². The van der Waals surface area contributed by atoms with Crippen molar-refractivity contribution in [3.05, 3.63) is 65.7 Å². The fraction of sp³-hybridized carbons (Fsp3) is 0.278. The molecule has 0 heterocycles. The molecule has 0 bridgehead atoms. The van der Waals surface area contributed by atoms with Gasteiger partial charge in [0.2, 0.25) is 0 Å². The zero-order chi connectivity index (χ0) is 15.9. The van der Waals surface area contributed by atoms with E-state index in [9.17, 15) is 4.79 Å².